The molecule has 4 heteroatoms. The van der Waals surface area contributed by atoms with Gasteiger partial charge in [-0.1, -0.05) is 0 Å². The quantitative estimate of drug-likeness (QED) is 0.722. The zero-order chi connectivity index (χ0) is 10.8. The Labute approximate surface area is 88.1 Å². The first-order valence-electron chi connectivity index (χ1n) is 4.85. The van der Waals surface area contributed by atoms with Gasteiger partial charge in [-0.15, -0.1) is 0 Å². The molecule has 0 unspecified atom stereocenters. The number of hydrogen-bond acceptors (Lipinski definition) is 3. The molecule has 0 saturated heterocycles. The molecule has 1 saturated carbocycles. The van der Waals surface area contributed by atoms with Crippen molar-refractivity contribution >= 4 is 5.91 Å². The third-order valence-corrected chi connectivity index (χ3v) is 2.53. The highest BCUT2D eigenvalue weighted by molar-refractivity contribution is 5.92. The monoisotopic (exact) mass is 201 g/mol. The highest BCUT2D eigenvalue weighted by atomic mass is 16.2. The van der Waals surface area contributed by atoms with Crippen LogP contribution < -0.4 is 0 Å². The molecular weight excluding hydrogens is 190 g/mol. The van der Waals surface area contributed by atoms with E-state index in [9.17, 15) is 4.79 Å². The fourth-order valence-corrected chi connectivity index (χ4v) is 1.39. The molecule has 0 aromatic carbocycles. The lowest BCUT2D eigenvalue weighted by Gasteiger charge is -2.15. The van der Waals surface area contributed by atoms with Gasteiger partial charge >= 0.3 is 0 Å². The second-order valence-corrected chi connectivity index (χ2v) is 3.69. The second-order valence-electron chi connectivity index (χ2n) is 3.69. The van der Waals surface area contributed by atoms with Gasteiger partial charge < -0.3 is 4.90 Å². The maximum atomic E-state index is 11.8. The van der Waals surface area contributed by atoms with E-state index in [-0.39, 0.29) is 5.91 Å². The Hall–Kier alpha value is -1.89. The van der Waals surface area contributed by atoms with Gasteiger partial charge in [0.2, 0.25) is 0 Å². The topological polar surface area (TPSA) is 57.0 Å². The summed E-state index contributed by atoms with van der Waals surface area (Å²) in [6.07, 6.45) is 3.59. The van der Waals surface area contributed by atoms with Crippen molar-refractivity contribution < 1.29 is 4.79 Å². The molecule has 15 heavy (non-hydrogen) atoms. The summed E-state index contributed by atoms with van der Waals surface area (Å²) in [5, 5.41) is 8.59. The lowest BCUT2D eigenvalue weighted by molar-refractivity contribution is 0.0779. The zero-order valence-electron chi connectivity index (χ0n) is 8.47. The van der Waals surface area contributed by atoms with Gasteiger partial charge in [0.25, 0.3) is 5.91 Å². The van der Waals surface area contributed by atoms with Crippen LogP contribution in [0.1, 0.15) is 28.9 Å². The fourth-order valence-electron chi connectivity index (χ4n) is 1.39. The molecule has 4 nitrogen and oxygen atoms in total. The van der Waals surface area contributed by atoms with Gasteiger partial charge in [-0.05, 0) is 25.0 Å². The summed E-state index contributed by atoms with van der Waals surface area (Å²) in [4.78, 5) is 17.5. The minimum absolute atomic E-state index is 0.0676. The number of carbonyl (C=O) groups is 1. The number of nitriles is 1. The van der Waals surface area contributed by atoms with Crippen molar-refractivity contribution in [2.75, 3.05) is 7.05 Å². The average molecular weight is 201 g/mol. The number of nitrogens with zero attached hydrogens (tertiary/aromatic N) is 3. The minimum atomic E-state index is -0.0676. The van der Waals surface area contributed by atoms with Crippen LogP contribution in [0.25, 0.3) is 0 Å². The number of aromatic nitrogens is 1. The molecule has 0 bridgehead atoms. The Kier molecular flexibility index (Phi) is 2.38. The third kappa shape index (κ3) is 1.96. The van der Waals surface area contributed by atoms with Crippen LogP contribution in [0, 0.1) is 11.3 Å². The standard InChI is InChI=1S/C11H11N3O/c1-14(9-3-4-9)11(15)10-5-2-8(6-12)7-13-10/h2,5,7,9H,3-4H2,1H3. The molecule has 0 radical (unpaired) electrons. The van der Waals surface area contributed by atoms with Crippen LogP contribution in [0.4, 0.5) is 0 Å². The van der Waals surface area contributed by atoms with E-state index in [1.165, 1.54) is 6.20 Å². The smallest absolute Gasteiger partial charge is 0.272 e. The normalized spacial score (nSPS) is 14.4. The van der Waals surface area contributed by atoms with Crippen LogP contribution >= 0.6 is 0 Å². The lowest BCUT2D eigenvalue weighted by atomic mass is 10.2. The Morgan fingerprint density at radius 3 is 2.80 bits per heavy atom. The predicted molar refractivity (Wildman–Crippen MR) is 54.1 cm³/mol. The number of pyridine rings is 1. The molecule has 1 fully saturated rings. The van der Waals surface area contributed by atoms with Crippen LogP contribution in [0.15, 0.2) is 18.3 Å². The van der Waals surface area contributed by atoms with E-state index in [4.69, 9.17) is 5.26 Å². The summed E-state index contributed by atoms with van der Waals surface area (Å²) >= 11 is 0. The van der Waals surface area contributed by atoms with E-state index < -0.39 is 0 Å². The summed E-state index contributed by atoms with van der Waals surface area (Å²) in [5.74, 6) is -0.0676. The summed E-state index contributed by atoms with van der Waals surface area (Å²) in [5.41, 5.74) is 0.879. The third-order valence-electron chi connectivity index (χ3n) is 2.53. The van der Waals surface area contributed by atoms with Gasteiger partial charge in [0.05, 0.1) is 5.56 Å². The number of carbonyl (C=O) groups excluding carboxylic acids is 1. The molecule has 0 atom stereocenters. The molecule has 1 heterocycles. The summed E-state index contributed by atoms with van der Waals surface area (Å²) in [6.45, 7) is 0. The van der Waals surface area contributed by atoms with Gasteiger partial charge in [-0.3, -0.25) is 4.79 Å². The van der Waals surface area contributed by atoms with Crippen molar-refractivity contribution in [3.8, 4) is 6.07 Å². The highest BCUT2D eigenvalue weighted by Crippen LogP contribution is 2.26. The molecule has 0 spiro atoms. The van der Waals surface area contributed by atoms with E-state index in [0.717, 1.165) is 12.8 Å². The van der Waals surface area contributed by atoms with Crippen molar-refractivity contribution in [2.24, 2.45) is 0 Å². The zero-order valence-corrected chi connectivity index (χ0v) is 8.47. The van der Waals surface area contributed by atoms with Crippen LogP contribution in [0.3, 0.4) is 0 Å². The molecule has 0 aliphatic heterocycles. The largest absolute Gasteiger partial charge is 0.337 e. The molecule has 1 aliphatic carbocycles. The van der Waals surface area contributed by atoms with Crippen molar-refractivity contribution in [3.05, 3.63) is 29.6 Å². The van der Waals surface area contributed by atoms with E-state index in [1.807, 2.05) is 6.07 Å². The van der Waals surface area contributed by atoms with E-state index in [2.05, 4.69) is 4.98 Å². The van der Waals surface area contributed by atoms with Gasteiger partial charge in [-0.25, -0.2) is 4.98 Å². The van der Waals surface area contributed by atoms with E-state index in [1.54, 1.807) is 24.1 Å². The van der Waals surface area contributed by atoms with Crippen LogP contribution in [0.2, 0.25) is 0 Å². The molecule has 0 N–H and O–H groups in total. The van der Waals surface area contributed by atoms with Crippen molar-refractivity contribution in [3.63, 3.8) is 0 Å². The molecular formula is C11H11N3O. The fraction of sp³-hybridized carbons (Fsp3) is 0.364. The van der Waals surface area contributed by atoms with Gasteiger partial charge in [0.15, 0.2) is 0 Å². The van der Waals surface area contributed by atoms with Gasteiger partial charge in [0, 0.05) is 19.3 Å². The lowest BCUT2D eigenvalue weighted by Crippen LogP contribution is -2.29. The SMILES string of the molecule is CN(C(=O)c1ccc(C#N)cn1)C1CC1. The first-order valence-corrected chi connectivity index (χ1v) is 4.85. The van der Waals surface area contributed by atoms with E-state index >= 15 is 0 Å². The van der Waals surface area contributed by atoms with Crippen molar-refractivity contribution in [2.45, 2.75) is 18.9 Å². The Morgan fingerprint density at radius 2 is 2.33 bits per heavy atom. The molecule has 1 aromatic rings. The van der Waals surface area contributed by atoms with Crippen molar-refractivity contribution in [1.82, 2.24) is 9.88 Å². The summed E-state index contributed by atoms with van der Waals surface area (Å²) < 4.78 is 0. The molecule has 1 amide bonds. The second kappa shape index (κ2) is 3.70. The van der Waals surface area contributed by atoms with Crippen molar-refractivity contribution in [1.29, 1.82) is 5.26 Å². The summed E-state index contributed by atoms with van der Waals surface area (Å²) in [6, 6.07) is 5.56. The maximum Gasteiger partial charge on any atom is 0.272 e. The average Bonchev–Trinajstić information content (AvgIpc) is 3.11. The minimum Gasteiger partial charge on any atom is -0.337 e. The van der Waals surface area contributed by atoms with Crippen LogP contribution in [-0.2, 0) is 0 Å². The Balaban J connectivity index is 2.15. The van der Waals surface area contributed by atoms with Crippen LogP contribution in [-0.4, -0.2) is 28.9 Å². The number of rotatable bonds is 2. The first-order chi connectivity index (χ1) is 7.22. The Bertz CT molecular complexity index is 414. The van der Waals surface area contributed by atoms with E-state index in [0.29, 0.717) is 17.3 Å². The predicted octanol–water partition coefficient (Wildman–Crippen LogP) is 1.19. The number of hydrogen-bond donors (Lipinski definition) is 0. The molecule has 2 rings (SSSR count). The molecule has 1 aliphatic rings. The van der Waals surface area contributed by atoms with Crippen LogP contribution in [0.5, 0.6) is 0 Å². The Morgan fingerprint density at radius 1 is 1.60 bits per heavy atom. The summed E-state index contributed by atoms with van der Waals surface area (Å²) in [7, 11) is 1.79. The number of amides is 1. The first kappa shape index (κ1) is 9.66. The maximum absolute atomic E-state index is 11.8. The highest BCUT2D eigenvalue weighted by Gasteiger charge is 2.30. The van der Waals surface area contributed by atoms with Gasteiger partial charge in [-0.2, -0.15) is 5.26 Å². The molecule has 76 valence electrons. The van der Waals surface area contributed by atoms with Gasteiger partial charge in [0.1, 0.15) is 11.8 Å². The molecule has 1 aromatic heterocycles.